The largest absolute Gasteiger partial charge is 0.380 e. The van der Waals surface area contributed by atoms with Gasteiger partial charge in [0.2, 0.25) is 0 Å². The van der Waals surface area contributed by atoms with Crippen LogP contribution in [0.15, 0.2) is 0 Å². The van der Waals surface area contributed by atoms with E-state index < -0.39 is 0 Å². The summed E-state index contributed by atoms with van der Waals surface area (Å²) in [6, 6.07) is 0.662. The minimum Gasteiger partial charge on any atom is -0.380 e. The van der Waals surface area contributed by atoms with Gasteiger partial charge in [-0.05, 0) is 19.9 Å². The molecule has 2 nitrogen and oxygen atoms in total. The van der Waals surface area contributed by atoms with Crippen molar-refractivity contribution in [1.29, 1.82) is 0 Å². The maximum absolute atomic E-state index is 5.17. The van der Waals surface area contributed by atoms with Crippen molar-refractivity contribution in [3.63, 3.8) is 0 Å². The van der Waals surface area contributed by atoms with Gasteiger partial charge in [-0.1, -0.05) is 13.8 Å². The van der Waals surface area contributed by atoms with Gasteiger partial charge in [-0.3, -0.25) is 0 Å². The van der Waals surface area contributed by atoms with Crippen molar-refractivity contribution in [3.8, 4) is 0 Å². The van der Waals surface area contributed by atoms with E-state index in [9.17, 15) is 0 Å². The molecule has 1 N–H and O–H groups in total. The van der Waals surface area contributed by atoms with E-state index in [-0.39, 0.29) is 0 Å². The first-order valence-corrected chi connectivity index (χ1v) is 4.24. The van der Waals surface area contributed by atoms with Crippen LogP contribution in [-0.2, 0) is 4.74 Å². The van der Waals surface area contributed by atoms with Gasteiger partial charge in [0.1, 0.15) is 0 Å². The fourth-order valence-electron chi connectivity index (χ4n) is 0.751. The van der Waals surface area contributed by atoms with Crippen LogP contribution in [0.1, 0.15) is 27.2 Å². The number of hydrogen-bond donors (Lipinski definition) is 1. The first-order valence-electron chi connectivity index (χ1n) is 4.24. The van der Waals surface area contributed by atoms with Crippen molar-refractivity contribution in [3.05, 3.63) is 0 Å². The summed E-state index contributed by atoms with van der Waals surface area (Å²) in [5.74, 6) is 0. The van der Waals surface area contributed by atoms with Crippen LogP contribution in [0.25, 0.3) is 0 Å². The summed E-state index contributed by atoms with van der Waals surface area (Å²) in [5, 5.41) is 3.26. The molecule has 1 saturated heterocycles. The molecular formula is C8H19NO. The van der Waals surface area contributed by atoms with E-state index >= 15 is 0 Å². The molecule has 1 fully saturated rings. The van der Waals surface area contributed by atoms with E-state index in [4.69, 9.17) is 4.74 Å². The molecule has 0 aromatic rings. The van der Waals surface area contributed by atoms with Crippen LogP contribution in [-0.4, -0.2) is 25.8 Å². The number of rotatable bonds is 3. The average molecular weight is 145 g/mol. The standard InChI is InChI=1S/C6H13NO.C2H6/c1-2-8-5-6-3-4-7-6;1-2/h6-7H,2-5H2,1H3;1-2H3. The van der Waals surface area contributed by atoms with Crippen molar-refractivity contribution in [2.24, 2.45) is 0 Å². The minimum absolute atomic E-state index is 0.662. The first kappa shape index (κ1) is 9.92. The molecule has 0 spiro atoms. The van der Waals surface area contributed by atoms with Gasteiger partial charge in [-0.25, -0.2) is 0 Å². The van der Waals surface area contributed by atoms with Crippen molar-refractivity contribution in [2.75, 3.05) is 19.8 Å². The van der Waals surface area contributed by atoms with E-state index in [2.05, 4.69) is 5.32 Å². The highest BCUT2D eigenvalue weighted by molar-refractivity contribution is 4.76. The van der Waals surface area contributed by atoms with Crippen molar-refractivity contribution >= 4 is 0 Å². The van der Waals surface area contributed by atoms with E-state index in [1.54, 1.807) is 0 Å². The van der Waals surface area contributed by atoms with E-state index in [0.717, 1.165) is 13.2 Å². The summed E-state index contributed by atoms with van der Waals surface area (Å²) in [4.78, 5) is 0. The highest BCUT2D eigenvalue weighted by Gasteiger charge is 2.14. The predicted molar refractivity (Wildman–Crippen MR) is 44.2 cm³/mol. The normalized spacial score (nSPS) is 22.5. The molecule has 0 saturated carbocycles. The highest BCUT2D eigenvalue weighted by atomic mass is 16.5. The second-order valence-electron chi connectivity index (χ2n) is 2.10. The van der Waals surface area contributed by atoms with Gasteiger partial charge in [0.25, 0.3) is 0 Å². The summed E-state index contributed by atoms with van der Waals surface area (Å²) in [5.41, 5.74) is 0. The lowest BCUT2D eigenvalue weighted by molar-refractivity contribution is 0.102. The Morgan fingerprint density at radius 2 is 2.10 bits per heavy atom. The molecule has 0 radical (unpaired) electrons. The number of hydrogen-bond acceptors (Lipinski definition) is 2. The van der Waals surface area contributed by atoms with Crippen molar-refractivity contribution < 1.29 is 4.74 Å². The van der Waals surface area contributed by atoms with Crippen LogP contribution >= 0.6 is 0 Å². The molecule has 0 aromatic carbocycles. The van der Waals surface area contributed by atoms with Gasteiger partial charge in [0, 0.05) is 12.6 Å². The van der Waals surface area contributed by atoms with Crippen LogP contribution in [0.2, 0.25) is 0 Å². The first-order chi connectivity index (χ1) is 4.93. The lowest BCUT2D eigenvalue weighted by atomic mass is 10.1. The summed E-state index contributed by atoms with van der Waals surface area (Å²) in [7, 11) is 0. The second kappa shape index (κ2) is 7.03. The zero-order valence-electron chi connectivity index (χ0n) is 7.31. The van der Waals surface area contributed by atoms with Gasteiger partial charge in [-0.15, -0.1) is 0 Å². The lowest BCUT2D eigenvalue weighted by Crippen LogP contribution is -2.45. The van der Waals surface area contributed by atoms with E-state index in [0.29, 0.717) is 6.04 Å². The Bertz CT molecular complexity index is 62.3. The maximum atomic E-state index is 5.17. The number of ether oxygens (including phenoxy) is 1. The molecule has 1 heterocycles. The molecule has 1 aliphatic rings. The van der Waals surface area contributed by atoms with Gasteiger partial charge >= 0.3 is 0 Å². The quantitative estimate of drug-likeness (QED) is 0.648. The molecule has 1 unspecified atom stereocenters. The monoisotopic (exact) mass is 145 g/mol. The third-order valence-corrected chi connectivity index (χ3v) is 1.45. The topological polar surface area (TPSA) is 21.3 Å². The Hall–Kier alpha value is -0.0800. The molecule has 0 aliphatic carbocycles. The Morgan fingerprint density at radius 3 is 2.40 bits per heavy atom. The fourth-order valence-corrected chi connectivity index (χ4v) is 0.751. The Kier molecular flexibility index (Phi) is 6.98. The Morgan fingerprint density at radius 1 is 1.50 bits per heavy atom. The molecule has 0 aromatic heterocycles. The van der Waals surface area contributed by atoms with E-state index in [1.807, 2.05) is 20.8 Å². The van der Waals surface area contributed by atoms with Crippen molar-refractivity contribution in [2.45, 2.75) is 33.2 Å². The van der Waals surface area contributed by atoms with Crippen LogP contribution in [0.4, 0.5) is 0 Å². The molecule has 1 aliphatic heterocycles. The van der Waals surface area contributed by atoms with Gasteiger partial charge < -0.3 is 10.1 Å². The van der Waals surface area contributed by atoms with Crippen LogP contribution in [0, 0.1) is 0 Å². The molecular weight excluding hydrogens is 126 g/mol. The van der Waals surface area contributed by atoms with E-state index in [1.165, 1.54) is 13.0 Å². The Labute approximate surface area is 64.0 Å². The molecule has 0 bridgehead atoms. The smallest absolute Gasteiger partial charge is 0.0619 e. The molecule has 1 atom stereocenters. The molecule has 1 rings (SSSR count). The Balaban J connectivity index is 0.000000371. The molecule has 10 heavy (non-hydrogen) atoms. The minimum atomic E-state index is 0.662. The highest BCUT2D eigenvalue weighted by Crippen LogP contribution is 2.00. The SMILES string of the molecule is CC.CCOCC1CCN1. The summed E-state index contributed by atoms with van der Waals surface area (Å²) >= 11 is 0. The third kappa shape index (κ3) is 3.85. The lowest BCUT2D eigenvalue weighted by Gasteiger charge is -2.26. The summed E-state index contributed by atoms with van der Waals surface area (Å²) in [6.07, 6.45) is 1.29. The van der Waals surface area contributed by atoms with Gasteiger partial charge in [0.05, 0.1) is 6.61 Å². The predicted octanol–water partition coefficient (Wildman–Crippen LogP) is 1.41. The average Bonchev–Trinajstić information content (AvgIpc) is 1.90. The number of nitrogens with one attached hydrogen (secondary N) is 1. The van der Waals surface area contributed by atoms with Crippen LogP contribution in [0.3, 0.4) is 0 Å². The molecule has 2 heteroatoms. The van der Waals surface area contributed by atoms with Crippen molar-refractivity contribution in [1.82, 2.24) is 5.32 Å². The maximum Gasteiger partial charge on any atom is 0.0619 e. The summed E-state index contributed by atoms with van der Waals surface area (Å²) < 4.78 is 5.17. The van der Waals surface area contributed by atoms with Crippen LogP contribution in [0.5, 0.6) is 0 Å². The van der Waals surface area contributed by atoms with Gasteiger partial charge in [-0.2, -0.15) is 0 Å². The molecule has 0 amide bonds. The van der Waals surface area contributed by atoms with Gasteiger partial charge in [0.15, 0.2) is 0 Å². The fraction of sp³-hybridized carbons (Fsp3) is 1.00. The molecule has 62 valence electrons. The van der Waals surface area contributed by atoms with Crippen LogP contribution < -0.4 is 5.32 Å². The summed E-state index contributed by atoms with van der Waals surface area (Å²) in [6.45, 7) is 8.95. The third-order valence-electron chi connectivity index (χ3n) is 1.45. The second-order valence-corrected chi connectivity index (χ2v) is 2.10. The zero-order chi connectivity index (χ0) is 7.82. The zero-order valence-corrected chi connectivity index (χ0v) is 7.31.